The summed E-state index contributed by atoms with van der Waals surface area (Å²) >= 11 is 0. The van der Waals surface area contributed by atoms with Gasteiger partial charge < -0.3 is 4.90 Å². The van der Waals surface area contributed by atoms with E-state index in [-0.39, 0.29) is 17.6 Å². The van der Waals surface area contributed by atoms with E-state index in [0.29, 0.717) is 11.5 Å². The lowest BCUT2D eigenvalue weighted by molar-refractivity contribution is 0.0829. The molecule has 1 aliphatic heterocycles. The number of benzene rings is 1. The van der Waals surface area contributed by atoms with Gasteiger partial charge in [-0.1, -0.05) is 0 Å². The summed E-state index contributed by atoms with van der Waals surface area (Å²) in [6.45, 7) is 5.15. The van der Waals surface area contributed by atoms with Crippen molar-refractivity contribution in [3.05, 3.63) is 35.6 Å². The molecular formula is C17H25FN2O. The zero-order valence-corrected chi connectivity index (χ0v) is 13.2. The van der Waals surface area contributed by atoms with E-state index < -0.39 is 0 Å². The van der Waals surface area contributed by atoms with Crippen LogP contribution in [-0.2, 0) is 0 Å². The Hall–Kier alpha value is -1.26. The van der Waals surface area contributed by atoms with Crippen molar-refractivity contribution >= 4 is 5.78 Å². The second kappa shape index (κ2) is 7.14. The van der Waals surface area contributed by atoms with Crippen LogP contribution in [0, 0.1) is 11.7 Å². The summed E-state index contributed by atoms with van der Waals surface area (Å²) in [6.07, 6.45) is 2.39. The second-order valence-corrected chi connectivity index (χ2v) is 6.23. The maximum atomic E-state index is 12.9. The molecule has 1 aliphatic rings. The molecular weight excluding hydrogens is 267 g/mol. The van der Waals surface area contributed by atoms with Gasteiger partial charge in [0.2, 0.25) is 0 Å². The second-order valence-electron chi connectivity index (χ2n) is 6.23. The monoisotopic (exact) mass is 292 g/mol. The molecule has 0 amide bonds. The lowest BCUT2D eigenvalue weighted by Gasteiger charge is -2.33. The maximum Gasteiger partial charge on any atom is 0.179 e. The number of Topliss-reactive ketones (excluding diaryl/α,β-unsaturated/α-hetero) is 1. The minimum absolute atomic E-state index is 0.0606. The van der Waals surface area contributed by atoms with Gasteiger partial charge in [0.15, 0.2) is 5.78 Å². The SMILES string of the molecule is CC(C(=O)c1ccc(F)cc1)N(C)CC1CCN(C)CC1. The quantitative estimate of drug-likeness (QED) is 0.780. The molecule has 1 atom stereocenters. The molecule has 4 heteroatoms. The Labute approximate surface area is 126 Å². The molecule has 1 heterocycles. The molecule has 0 aliphatic carbocycles. The Kier molecular flexibility index (Phi) is 5.48. The number of likely N-dealkylation sites (N-methyl/N-ethyl adjacent to an activating group) is 1. The van der Waals surface area contributed by atoms with Crippen LogP contribution >= 0.6 is 0 Å². The Bertz CT molecular complexity index is 466. The first-order valence-electron chi connectivity index (χ1n) is 7.66. The van der Waals surface area contributed by atoms with Gasteiger partial charge in [-0.25, -0.2) is 4.39 Å². The normalized spacial score (nSPS) is 18.9. The minimum Gasteiger partial charge on any atom is -0.306 e. The first kappa shape index (κ1) is 16.1. The number of hydrogen-bond acceptors (Lipinski definition) is 3. The predicted octanol–water partition coefficient (Wildman–Crippen LogP) is 2.67. The summed E-state index contributed by atoms with van der Waals surface area (Å²) in [5.74, 6) is 0.416. The molecule has 3 nitrogen and oxygen atoms in total. The highest BCUT2D eigenvalue weighted by Crippen LogP contribution is 2.18. The molecule has 21 heavy (non-hydrogen) atoms. The molecule has 1 aromatic rings. The van der Waals surface area contributed by atoms with E-state index in [4.69, 9.17) is 0 Å². The van der Waals surface area contributed by atoms with Crippen molar-refractivity contribution in [1.82, 2.24) is 9.80 Å². The first-order valence-corrected chi connectivity index (χ1v) is 7.66. The molecule has 2 rings (SSSR count). The molecule has 0 radical (unpaired) electrons. The summed E-state index contributed by atoms with van der Waals surface area (Å²) in [4.78, 5) is 16.9. The molecule has 1 saturated heterocycles. The number of hydrogen-bond donors (Lipinski definition) is 0. The Morgan fingerprint density at radius 3 is 2.48 bits per heavy atom. The standard InChI is InChI=1S/C17H25FN2O/c1-13(17(21)15-4-6-16(18)7-5-15)20(3)12-14-8-10-19(2)11-9-14/h4-7,13-14H,8-12H2,1-3H3. The van der Waals surface area contributed by atoms with Gasteiger partial charge in [0.05, 0.1) is 6.04 Å². The van der Waals surface area contributed by atoms with Crippen LogP contribution in [-0.4, -0.2) is 55.4 Å². The van der Waals surface area contributed by atoms with E-state index in [0.717, 1.165) is 19.6 Å². The summed E-state index contributed by atoms with van der Waals surface area (Å²) < 4.78 is 12.9. The van der Waals surface area contributed by atoms with Crippen LogP contribution in [0.4, 0.5) is 4.39 Å². The van der Waals surface area contributed by atoms with Crippen molar-refractivity contribution in [1.29, 1.82) is 0 Å². The summed E-state index contributed by atoms with van der Waals surface area (Å²) in [5.41, 5.74) is 0.583. The van der Waals surface area contributed by atoms with E-state index in [9.17, 15) is 9.18 Å². The summed E-state index contributed by atoms with van der Waals surface area (Å²) in [5, 5.41) is 0. The van der Waals surface area contributed by atoms with Crippen molar-refractivity contribution in [2.45, 2.75) is 25.8 Å². The first-order chi connectivity index (χ1) is 9.97. The molecule has 0 N–H and O–H groups in total. The van der Waals surface area contributed by atoms with E-state index in [1.54, 1.807) is 12.1 Å². The smallest absolute Gasteiger partial charge is 0.179 e. The fraction of sp³-hybridized carbons (Fsp3) is 0.588. The van der Waals surface area contributed by atoms with Crippen molar-refractivity contribution in [3.8, 4) is 0 Å². The van der Waals surface area contributed by atoms with Gasteiger partial charge in [-0.05, 0) is 77.1 Å². The van der Waals surface area contributed by atoms with Gasteiger partial charge in [0.1, 0.15) is 5.82 Å². The number of nitrogens with zero attached hydrogens (tertiary/aromatic N) is 2. The lowest BCUT2D eigenvalue weighted by atomic mass is 9.95. The van der Waals surface area contributed by atoms with E-state index in [2.05, 4.69) is 16.8 Å². The van der Waals surface area contributed by atoms with Crippen LogP contribution in [0.5, 0.6) is 0 Å². The van der Waals surface area contributed by atoms with Crippen LogP contribution in [0.15, 0.2) is 24.3 Å². The van der Waals surface area contributed by atoms with Gasteiger partial charge in [0.25, 0.3) is 0 Å². The maximum absolute atomic E-state index is 12.9. The molecule has 0 aromatic heterocycles. The van der Waals surface area contributed by atoms with Crippen LogP contribution in [0.3, 0.4) is 0 Å². The average molecular weight is 292 g/mol. The van der Waals surface area contributed by atoms with Gasteiger partial charge in [-0.15, -0.1) is 0 Å². The molecule has 116 valence electrons. The highest BCUT2D eigenvalue weighted by Gasteiger charge is 2.24. The number of halogens is 1. The Morgan fingerprint density at radius 2 is 1.90 bits per heavy atom. The minimum atomic E-state index is -0.307. The van der Waals surface area contributed by atoms with E-state index in [1.807, 2.05) is 14.0 Å². The summed E-state index contributed by atoms with van der Waals surface area (Å²) in [6, 6.07) is 5.65. The molecule has 0 bridgehead atoms. The van der Waals surface area contributed by atoms with E-state index >= 15 is 0 Å². The Balaban J connectivity index is 1.90. The fourth-order valence-electron chi connectivity index (χ4n) is 2.87. The number of piperidine rings is 1. The molecule has 0 saturated carbocycles. The number of ketones is 1. The van der Waals surface area contributed by atoms with Crippen LogP contribution in [0.25, 0.3) is 0 Å². The Morgan fingerprint density at radius 1 is 1.33 bits per heavy atom. The zero-order valence-electron chi connectivity index (χ0n) is 13.2. The van der Waals surface area contributed by atoms with Crippen molar-refractivity contribution in [2.75, 3.05) is 33.7 Å². The van der Waals surface area contributed by atoms with E-state index in [1.165, 1.54) is 25.0 Å². The van der Waals surface area contributed by atoms with Crippen LogP contribution < -0.4 is 0 Å². The fourth-order valence-corrected chi connectivity index (χ4v) is 2.87. The topological polar surface area (TPSA) is 23.6 Å². The third-order valence-corrected chi connectivity index (χ3v) is 4.55. The highest BCUT2D eigenvalue weighted by atomic mass is 19.1. The zero-order chi connectivity index (χ0) is 15.4. The number of likely N-dealkylation sites (tertiary alicyclic amines) is 1. The molecule has 1 fully saturated rings. The number of rotatable bonds is 5. The lowest BCUT2D eigenvalue weighted by Crippen LogP contribution is -2.41. The van der Waals surface area contributed by atoms with Crippen molar-refractivity contribution < 1.29 is 9.18 Å². The molecule has 1 aromatic carbocycles. The molecule has 1 unspecified atom stereocenters. The van der Waals surface area contributed by atoms with Gasteiger partial charge in [-0.2, -0.15) is 0 Å². The van der Waals surface area contributed by atoms with Crippen LogP contribution in [0.1, 0.15) is 30.1 Å². The number of carbonyl (C=O) groups excluding carboxylic acids is 1. The van der Waals surface area contributed by atoms with Crippen molar-refractivity contribution in [2.24, 2.45) is 5.92 Å². The van der Waals surface area contributed by atoms with Crippen LogP contribution in [0.2, 0.25) is 0 Å². The third-order valence-electron chi connectivity index (χ3n) is 4.55. The third kappa shape index (κ3) is 4.35. The van der Waals surface area contributed by atoms with Gasteiger partial charge >= 0.3 is 0 Å². The van der Waals surface area contributed by atoms with Gasteiger partial charge in [0, 0.05) is 12.1 Å². The predicted molar refractivity (Wildman–Crippen MR) is 83.0 cm³/mol. The van der Waals surface area contributed by atoms with Crippen molar-refractivity contribution in [3.63, 3.8) is 0 Å². The van der Waals surface area contributed by atoms with Gasteiger partial charge in [-0.3, -0.25) is 9.69 Å². The summed E-state index contributed by atoms with van der Waals surface area (Å²) in [7, 11) is 4.16. The highest BCUT2D eigenvalue weighted by molar-refractivity contribution is 5.99. The largest absolute Gasteiger partial charge is 0.306 e. The number of carbonyl (C=O) groups is 1. The molecule has 0 spiro atoms. The average Bonchev–Trinajstić information content (AvgIpc) is 2.49.